The molecule has 0 radical (unpaired) electrons. The van der Waals surface area contributed by atoms with Gasteiger partial charge in [-0.25, -0.2) is 0 Å². The Morgan fingerprint density at radius 2 is 1.56 bits per heavy atom. The van der Waals surface area contributed by atoms with Crippen LogP contribution < -0.4 is 0 Å². The number of phenolic OH excluding ortho intramolecular Hbond substituents is 1. The van der Waals surface area contributed by atoms with Gasteiger partial charge in [-0.2, -0.15) is 22.0 Å². The molecule has 1 aromatic rings. The van der Waals surface area contributed by atoms with Gasteiger partial charge in [0.1, 0.15) is 5.75 Å². The van der Waals surface area contributed by atoms with E-state index in [2.05, 4.69) is 0 Å². The zero-order valence-corrected chi connectivity index (χ0v) is 9.91. The summed E-state index contributed by atoms with van der Waals surface area (Å²) in [7, 11) is 0. The summed E-state index contributed by atoms with van der Waals surface area (Å²) >= 11 is 0. The van der Waals surface area contributed by atoms with Crippen molar-refractivity contribution < 1.29 is 27.1 Å². The van der Waals surface area contributed by atoms with Crippen LogP contribution in [0.3, 0.4) is 0 Å². The first-order valence-corrected chi connectivity index (χ1v) is 5.44. The van der Waals surface area contributed by atoms with Crippen LogP contribution in [0.4, 0.5) is 22.0 Å². The molecule has 0 saturated heterocycles. The third kappa shape index (κ3) is 2.42. The van der Waals surface area contributed by atoms with E-state index in [4.69, 9.17) is 0 Å². The summed E-state index contributed by atoms with van der Waals surface area (Å²) in [5.74, 6) is -6.02. The third-order valence-corrected chi connectivity index (χ3v) is 2.73. The molecule has 6 heteroatoms. The maximum Gasteiger partial charge on any atom is 0.458 e. The Morgan fingerprint density at radius 1 is 1.00 bits per heavy atom. The van der Waals surface area contributed by atoms with E-state index >= 15 is 0 Å². The van der Waals surface area contributed by atoms with Crippen LogP contribution in [0.15, 0.2) is 12.1 Å². The molecule has 0 aromatic heterocycles. The van der Waals surface area contributed by atoms with Gasteiger partial charge in [-0.3, -0.25) is 0 Å². The Balaban J connectivity index is 3.49. The van der Waals surface area contributed by atoms with Crippen LogP contribution in [0.2, 0.25) is 0 Å². The number of halogens is 5. The Bertz CT molecular complexity index is 437. The van der Waals surface area contributed by atoms with Crippen LogP contribution in [0.5, 0.6) is 5.75 Å². The summed E-state index contributed by atoms with van der Waals surface area (Å²) in [6, 6.07) is 2.15. The number of phenols is 1. The van der Waals surface area contributed by atoms with E-state index in [1.807, 2.05) is 0 Å². The van der Waals surface area contributed by atoms with Gasteiger partial charge in [0.25, 0.3) is 0 Å². The van der Waals surface area contributed by atoms with Gasteiger partial charge in [0.05, 0.1) is 5.56 Å². The molecule has 0 aliphatic heterocycles. The average molecular weight is 268 g/mol. The largest absolute Gasteiger partial charge is 0.507 e. The maximum atomic E-state index is 13.3. The fourth-order valence-corrected chi connectivity index (χ4v) is 1.63. The van der Waals surface area contributed by atoms with Crippen molar-refractivity contribution in [2.24, 2.45) is 0 Å². The summed E-state index contributed by atoms with van der Waals surface area (Å²) in [5.41, 5.74) is -0.942. The highest BCUT2D eigenvalue weighted by atomic mass is 19.4. The smallest absolute Gasteiger partial charge is 0.458 e. The zero-order valence-electron chi connectivity index (χ0n) is 9.91. The highest BCUT2D eigenvalue weighted by Gasteiger charge is 2.60. The van der Waals surface area contributed by atoms with Crippen LogP contribution in [0.1, 0.15) is 30.5 Å². The number of aryl methyl sites for hydroxylation is 2. The first-order chi connectivity index (χ1) is 8.15. The maximum absolute atomic E-state index is 13.3. The molecule has 1 aromatic carbocycles. The molecule has 0 unspecified atom stereocenters. The molecule has 1 N–H and O–H groups in total. The number of hydrogen-bond acceptors (Lipinski definition) is 1. The average Bonchev–Trinajstić information content (AvgIpc) is 2.27. The van der Waals surface area contributed by atoms with E-state index < -0.39 is 23.4 Å². The second kappa shape index (κ2) is 4.74. The zero-order chi connectivity index (χ0) is 14.1. The van der Waals surface area contributed by atoms with Gasteiger partial charge in [0, 0.05) is 0 Å². The predicted molar refractivity (Wildman–Crippen MR) is 56.8 cm³/mol. The fourth-order valence-electron chi connectivity index (χ4n) is 1.63. The summed E-state index contributed by atoms with van der Waals surface area (Å²) in [5, 5.41) is 9.53. The van der Waals surface area contributed by atoms with Crippen molar-refractivity contribution in [2.45, 2.75) is 38.8 Å². The molecule has 1 rings (SSSR count). The van der Waals surface area contributed by atoms with Gasteiger partial charge < -0.3 is 5.11 Å². The topological polar surface area (TPSA) is 20.2 Å². The summed E-state index contributed by atoms with van der Waals surface area (Å²) < 4.78 is 63.5. The van der Waals surface area contributed by atoms with E-state index in [-0.39, 0.29) is 12.0 Å². The first-order valence-electron chi connectivity index (χ1n) is 5.44. The Labute approximate surface area is 101 Å². The summed E-state index contributed by atoms with van der Waals surface area (Å²) in [4.78, 5) is 0. The van der Waals surface area contributed by atoms with E-state index in [9.17, 15) is 27.1 Å². The highest BCUT2D eigenvalue weighted by Crippen LogP contribution is 2.48. The van der Waals surface area contributed by atoms with E-state index in [1.54, 1.807) is 13.8 Å². The Kier molecular flexibility index (Phi) is 3.88. The van der Waals surface area contributed by atoms with Gasteiger partial charge in [0.15, 0.2) is 0 Å². The van der Waals surface area contributed by atoms with Crippen molar-refractivity contribution in [2.75, 3.05) is 0 Å². The van der Waals surface area contributed by atoms with Gasteiger partial charge in [-0.15, -0.1) is 0 Å². The van der Waals surface area contributed by atoms with Crippen molar-refractivity contribution in [1.29, 1.82) is 0 Å². The van der Waals surface area contributed by atoms with E-state index in [0.29, 0.717) is 18.1 Å². The number of benzene rings is 1. The molecule has 18 heavy (non-hydrogen) atoms. The molecule has 102 valence electrons. The normalized spacial score (nSPS) is 12.8. The second-order valence-corrected chi connectivity index (χ2v) is 3.93. The van der Waals surface area contributed by atoms with Gasteiger partial charge in [-0.05, 0) is 30.0 Å². The number of rotatable bonds is 3. The Hall–Kier alpha value is -1.33. The molecule has 1 nitrogen and oxygen atoms in total. The summed E-state index contributed by atoms with van der Waals surface area (Å²) in [6.07, 6.45) is -5.23. The minimum absolute atomic E-state index is 0.0910. The van der Waals surface area contributed by atoms with Crippen LogP contribution >= 0.6 is 0 Å². The number of alkyl halides is 5. The lowest BCUT2D eigenvalue weighted by Crippen LogP contribution is -2.34. The quantitative estimate of drug-likeness (QED) is 0.816. The first kappa shape index (κ1) is 14.7. The molecular formula is C12H13F5O. The molecule has 0 aliphatic rings. The van der Waals surface area contributed by atoms with Gasteiger partial charge in [0.2, 0.25) is 0 Å². The summed E-state index contributed by atoms with van der Waals surface area (Å²) in [6.45, 7) is 3.21. The van der Waals surface area contributed by atoms with E-state index in [0.717, 1.165) is 0 Å². The third-order valence-electron chi connectivity index (χ3n) is 2.73. The van der Waals surface area contributed by atoms with Gasteiger partial charge in [-0.1, -0.05) is 19.9 Å². The lowest BCUT2D eigenvalue weighted by Gasteiger charge is -2.22. The molecular weight excluding hydrogens is 255 g/mol. The number of hydrogen-bond donors (Lipinski definition) is 1. The lowest BCUT2D eigenvalue weighted by molar-refractivity contribution is -0.289. The SMILES string of the molecule is CCc1cc(CC)c(O)c(C(F)(F)C(F)(F)F)c1. The monoisotopic (exact) mass is 268 g/mol. The van der Waals surface area contributed by atoms with Crippen LogP contribution in [-0.4, -0.2) is 11.3 Å². The van der Waals surface area contributed by atoms with Gasteiger partial charge >= 0.3 is 12.1 Å². The number of aromatic hydroxyl groups is 1. The molecule has 0 heterocycles. The van der Waals surface area contributed by atoms with Crippen molar-refractivity contribution in [1.82, 2.24) is 0 Å². The molecule has 0 fully saturated rings. The molecule has 0 bridgehead atoms. The molecule has 0 amide bonds. The fraction of sp³-hybridized carbons (Fsp3) is 0.500. The Morgan fingerprint density at radius 3 is 1.94 bits per heavy atom. The molecule has 0 aliphatic carbocycles. The van der Waals surface area contributed by atoms with Crippen molar-refractivity contribution in [3.05, 3.63) is 28.8 Å². The standard InChI is InChI=1S/C12H13F5O/c1-3-7-5-8(4-2)10(18)9(6-7)11(13,14)12(15,16)17/h5-6,18H,3-4H2,1-2H3. The van der Waals surface area contributed by atoms with Crippen molar-refractivity contribution in [3.63, 3.8) is 0 Å². The van der Waals surface area contributed by atoms with E-state index in [1.165, 1.54) is 6.07 Å². The second-order valence-electron chi connectivity index (χ2n) is 3.93. The minimum Gasteiger partial charge on any atom is -0.507 e. The molecule has 0 spiro atoms. The predicted octanol–water partition coefficient (Wildman–Crippen LogP) is 4.17. The van der Waals surface area contributed by atoms with Crippen LogP contribution in [0, 0.1) is 0 Å². The van der Waals surface area contributed by atoms with Crippen molar-refractivity contribution >= 4 is 0 Å². The highest BCUT2D eigenvalue weighted by molar-refractivity contribution is 5.46. The lowest BCUT2D eigenvalue weighted by atomic mass is 9.97. The molecule has 0 saturated carbocycles. The van der Waals surface area contributed by atoms with Crippen molar-refractivity contribution in [3.8, 4) is 5.75 Å². The van der Waals surface area contributed by atoms with Crippen LogP contribution in [0.25, 0.3) is 0 Å². The van der Waals surface area contributed by atoms with Crippen LogP contribution in [-0.2, 0) is 18.8 Å². The minimum atomic E-state index is -5.72. The molecule has 0 atom stereocenters.